The lowest BCUT2D eigenvalue weighted by Crippen LogP contribution is -2.59. The highest BCUT2D eigenvalue weighted by Gasteiger charge is 2.41. The largest absolute Gasteiger partial charge is 0.379 e. The number of nitrogens with zero attached hydrogens (tertiary/aromatic N) is 5. The summed E-state index contributed by atoms with van der Waals surface area (Å²) in [5.74, 6) is 0.154. The van der Waals surface area contributed by atoms with Gasteiger partial charge in [0.05, 0.1) is 24.6 Å². The Bertz CT molecular complexity index is 1190. The van der Waals surface area contributed by atoms with E-state index >= 15 is 0 Å². The van der Waals surface area contributed by atoms with Gasteiger partial charge in [-0.15, -0.1) is 0 Å². The quantitative estimate of drug-likeness (QED) is 0.223. The molecular formula is C37H64N6O5S. The molecule has 7 atom stereocenters. The van der Waals surface area contributed by atoms with Gasteiger partial charge in [0.2, 0.25) is 23.6 Å². The molecule has 278 valence electrons. The average molecular weight is 705 g/mol. The van der Waals surface area contributed by atoms with Crippen molar-refractivity contribution in [2.45, 2.75) is 116 Å². The van der Waals surface area contributed by atoms with E-state index in [1.807, 2.05) is 83.0 Å². The Morgan fingerprint density at radius 1 is 1.04 bits per heavy atom. The van der Waals surface area contributed by atoms with Crippen LogP contribution in [-0.4, -0.2) is 126 Å². The van der Waals surface area contributed by atoms with Crippen LogP contribution >= 0.6 is 11.8 Å². The highest BCUT2D eigenvalue weighted by atomic mass is 32.2. The number of thioether (sulfide) groups is 1. The lowest BCUT2D eigenvalue weighted by atomic mass is 9.89. The van der Waals surface area contributed by atoms with E-state index in [1.165, 1.54) is 0 Å². The molecular weight excluding hydrogens is 641 g/mol. The van der Waals surface area contributed by atoms with E-state index in [4.69, 9.17) is 4.74 Å². The third kappa shape index (κ3) is 11.1. The highest BCUT2D eigenvalue weighted by molar-refractivity contribution is 7.99. The third-order valence-corrected chi connectivity index (χ3v) is 11.1. The lowest BCUT2D eigenvalue weighted by Gasteiger charge is -2.41. The number of nitrogens with one attached hydrogen (secondary N) is 1. The fourth-order valence-corrected chi connectivity index (χ4v) is 8.16. The molecule has 0 spiro atoms. The Kier molecular flexibility index (Phi) is 17.5. The molecule has 1 aliphatic heterocycles. The van der Waals surface area contributed by atoms with Crippen LogP contribution in [0, 0.1) is 17.8 Å². The molecule has 1 aromatic heterocycles. The van der Waals surface area contributed by atoms with Gasteiger partial charge in [-0.25, -0.2) is 4.98 Å². The fourth-order valence-electron chi connectivity index (χ4n) is 7.25. The number of ether oxygens (including phenoxy) is 1. The average Bonchev–Trinajstić information content (AvgIpc) is 3.55. The van der Waals surface area contributed by atoms with Gasteiger partial charge in [0.15, 0.2) is 0 Å². The molecule has 2 rings (SSSR count). The summed E-state index contributed by atoms with van der Waals surface area (Å²) in [6, 6.07) is 3.96. The van der Waals surface area contributed by atoms with E-state index in [-0.39, 0.29) is 65.1 Å². The number of likely N-dealkylation sites (N-methyl/N-ethyl adjacent to an activating group) is 2. The minimum absolute atomic E-state index is 0.0105. The maximum atomic E-state index is 14.2. The monoisotopic (exact) mass is 704 g/mol. The molecule has 0 radical (unpaired) electrons. The van der Waals surface area contributed by atoms with E-state index in [2.05, 4.69) is 24.1 Å². The smallest absolute Gasteiger partial charge is 0.245 e. The molecule has 1 fully saturated rings. The lowest BCUT2D eigenvalue weighted by molar-refractivity contribution is -0.146. The first kappa shape index (κ1) is 42.5. The van der Waals surface area contributed by atoms with Crippen LogP contribution in [-0.2, 0) is 23.9 Å². The number of carbonyl (C=O) groups excluding carboxylic acids is 4. The van der Waals surface area contributed by atoms with Gasteiger partial charge in [-0.05, 0) is 70.0 Å². The Morgan fingerprint density at radius 3 is 2.20 bits per heavy atom. The van der Waals surface area contributed by atoms with E-state index < -0.39 is 18.2 Å². The van der Waals surface area contributed by atoms with Crippen LogP contribution in [0.3, 0.4) is 0 Å². The van der Waals surface area contributed by atoms with Crippen LogP contribution in [0.2, 0.25) is 0 Å². The van der Waals surface area contributed by atoms with Crippen molar-refractivity contribution in [1.29, 1.82) is 0 Å². The van der Waals surface area contributed by atoms with E-state index in [9.17, 15) is 19.2 Å². The molecule has 11 nitrogen and oxygen atoms in total. The van der Waals surface area contributed by atoms with Gasteiger partial charge >= 0.3 is 0 Å². The molecule has 1 saturated heterocycles. The van der Waals surface area contributed by atoms with Crippen LogP contribution in [0.25, 0.3) is 0 Å². The molecule has 7 unspecified atom stereocenters. The topological polar surface area (TPSA) is 115 Å². The summed E-state index contributed by atoms with van der Waals surface area (Å²) in [6.07, 6.45) is 6.01. The number of carbonyl (C=O) groups is 4. The fraction of sp³-hybridized carbons (Fsp3) is 0.757. The molecule has 0 aromatic carbocycles. The zero-order valence-corrected chi connectivity index (χ0v) is 33.0. The number of anilines is 1. The number of amides is 4. The van der Waals surface area contributed by atoms with Gasteiger partial charge in [0, 0.05) is 51.2 Å². The van der Waals surface area contributed by atoms with Gasteiger partial charge in [-0.1, -0.05) is 54.0 Å². The molecule has 4 amide bonds. The molecule has 1 N–H and O–H groups in total. The molecule has 49 heavy (non-hydrogen) atoms. The normalized spacial score (nSPS) is 18.6. The number of likely N-dealkylation sites (tertiary alicyclic amines) is 1. The molecule has 0 aliphatic carbocycles. The van der Waals surface area contributed by atoms with Crippen molar-refractivity contribution in [3.05, 3.63) is 24.4 Å². The van der Waals surface area contributed by atoms with Crippen molar-refractivity contribution in [2.24, 2.45) is 17.8 Å². The number of hydrogen-bond acceptors (Lipinski definition) is 8. The van der Waals surface area contributed by atoms with Crippen molar-refractivity contribution >= 4 is 41.2 Å². The second-order valence-corrected chi connectivity index (χ2v) is 15.4. The van der Waals surface area contributed by atoms with Gasteiger partial charge < -0.3 is 19.9 Å². The van der Waals surface area contributed by atoms with Gasteiger partial charge in [0.1, 0.15) is 11.9 Å². The number of pyridine rings is 1. The first-order valence-electron chi connectivity index (χ1n) is 17.9. The molecule has 0 bridgehead atoms. The maximum Gasteiger partial charge on any atom is 0.245 e. The standard InChI is InChI=1S/C37H64N6O5S/c1-13-26(7)35(41(10)37(47)33(24(3)4)39-36(46)34(25(5)6)40(8)9)28(48-11)22-31(44)43-21-17-18-27(43)29(49-12)23-32(45)42(14-2)30-19-15-16-20-38-30/h15-16,19-20,24-29,33-35H,13-14,17-18,21-23H2,1-12H3,(H,39,46). The minimum Gasteiger partial charge on any atom is -0.379 e. The Hall–Kier alpha value is -2.70. The zero-order chi connectivity index (χ0) is 37.0. The summed E-state index contributed by atoms with van der Waals surface area (Å²) in [7, 11) is 7.10. The number of methoxy groups -OCH3 is 1. The molecule has 1 aliphatic rings. The molecule has 1 aromatic rings. The van der Waals surface area contributed by atoms with E-state index in [0.717, 1.165) is 19.3 Å². The SMILES string of the molecule is CCC(C)C(C(CC(=O)N1CCCC1C(CC(=O)N(CC)c1ccccn1)SC)OC)N(C)C(=O)C(NC(=O)C(C(C)C)N(C)C)C(C)C. The summed E-state index contributed by atoms with van der Waals surface area (Å²) in [6.45, 7) is 15.1. The number of rotatable bonds is 19. The molecule has 2 heterocycles. The van der Waals surface area contributed by atoms with Crippen molar-refractivity contribution in [3.8, 4) is 0 Å². The Morgan fingerprint density at radius 2 is 1.71 bits per heavy atom. The van der Waals surface area contributed by atoms with Crippen LogP contribution in [0.15, 0.2) is 24.4 Å². The van der Waals surface area contributed by atoms with Crippen LogP contribution < -0.4 is 10.2 Å². The zero-order valence-electron chi connectivity index (χ0n) is 32.1. The van der Waals surface area contributed by atoms with Crippen LogP contribution in [0.4, 0.5) is 5.82 Å². The number of aromatic nitrogens is 1. The third-order valence-electron chi connectivity index (χ3n) is 10.0. The Labute approximate surface area is 300 Å². The summed E-state index contributed by atoms with van der Waals surface area (Å²) in [5.41, 5.74) is 0. The molecule has 12 heteroatoms. The second-order valence-electron chi connectivity index (χ2n) is 14.3. The van der Waals surface area contributed by atoms with Crippen LogP contribution in [0.5, 0.6) is 0 Å². The summed E-state index contributed by atoms with van der Waals surface area (Å²) < 4.78 is 6.03. The van der Waals surface area contributed by atoms with Gasteiger partial charge in [0.25, 0.3) is 0 Å². The predicted octanol–water partition coefficient (Wildman–Crippen LogP) is 4.55. The van der Waals surface area contributed by atoms with Crippen molar-refractivity contribution in [2.75, 3.05) is 52.5 Å². The Balaban J connectivity index is 2.27. The summed E-state index contributed by atoms with van der Waals surface area (Å²) >= 11 is 1.62. The first-order chi connectivity index (χ1) is 23.1. The minimum atomic E-state index is -0.727. The highest BCUT2D eigenvalue weighted by Crippen LogP contribution is 2.32. The van der Waals surface area contributed by atoms with Crippen molar-refractivity contribution in [1.82, 2.24) is 25.0 Å². The van der Waals surface area contributed by atoms with E-state index in [0.29, 0.717) is 25.3 Å². The van der Waals surface area contributed by atoms with Crippen molar-refractivity contribution < 1.29 is 23.9 Å². The van der Waals surface area contributed by atoms with Gasteiger partial charge in [-0.3, -0.25) is 29.0 Å². The summed E-state index contributed by atoms with van der Waals surface area (Å²) in [5, 5.41) is 2.98. The van der Waals surface area contributed by atoms with Crippen molar-refractivity contribution in [3.63, 3.8) is 0 Å². The molecule has 0 saturated carbocycles. The van der Waals surface area contributed by atoms with E-state index in [1.54, 1.807) is 41.9 Å². The summed E-state index contributed by atoms with van der Waals surface area (Å²) in [4.78, 5) is 66.7. The first-order valence-corrected chi connectivity index (χ1v) is 19.2. The van der Waals surface area contributed by atoms with Crippen LogP contribution in [0.1, 0.15) is 80.6 Å². The van der Waals surface area contributed by atoms with Gasteiger partial charge in [-0.2, -0.15) is 11.8 Å². The number of hydrogen-bond donors (Lipinski definition) is 1. The maximum absolute atomic E-state index is 14.2. The predicted molar refractivity (Wildman–Crippen MR) is 199 cm³/mol. The second kappa shape index (κ2) is 20.2.